The van der Waals surface area contributed by atoms with Gasteiger partial charge in [0.1, 0.15) is 0 Å². The second kappa shape index (κ2) is 14.2. The van der Waals surface area contributed by atoms with E-state index in [9.17, 15) is 4.79 Å². The number of amides is 1. The Morgan fingerprint density at radius 1 is 1.00 bits per heavy atom. The lowest BCUT2D eigenvalue weighted by Crippen LogP contribution is -2.40. The summed E-state index contributed by atoms with van der Waals surface area (Å²) in [6, 6.07) is 0. The predicted octanol–water partition coefficient (Wildman–Crippen LogP) is 4.53. The Morgan fingerprint density at radius 3 is 2.33 bits per heavy atom. The topological polar surface area (TPSA) is 44.4 Å². The Labute approximate surface area is 149 Å². The van der Waals surface area contributed by atoms with Crippen LogP contribution in [-0.4, -0.2) is 30.1 Å². The zero-order chi connectivity index (χ0) is 17.5. The highest BCUT2D eigenvalue weighted by Gasteiger charge is 2.16. The van der Waals surface area contributed by atoms with Gasteiger partial charge >= 0.3 is 0 Å². The number of hydrogen-bond acceptors (Lipinski definition) is 3. The summed E-state index contributed by atoms with van der Waals surface area (Å²) in [5, 5.41) is 6.40. The minimum absolute atomic E-state index is 0.209. The van der Waals surface area contributed by atoms with Gasteiger partial charge in [-0.15, -0.1) is 0 Å². The van der Waals surface area contributed by atoms with Gasteiger partial charge in [0.2, 0.25) is 5.91 Å². The van der Waals surface area contributed by atoms with E-state index in [0.29, 0.717) is 12.6 Å². The summed E-state index contributed by atoms with van der Waals surface area (Å²) in [7, 11) is 0. The summed E-state index contributed by atoms with van der Waals surface area (Å²) in [5.41, 5.74) is 0. The summed E-state index contributed by atoms with van der Waals surface area (Å²) in [5.74, 6) is 0.209. The van der Waals surface area contributed by atoms with Crippen molar-refractivity contribution in [3.63, 3.8) is 0 Å². The molecule has 0 fully saturated rings. The molecule has 0 radical (unpaired) electrons. The maximum atomic E-state index is 11.9. The molecule has 0 saturated heterocycles. The maximum absolute atomic E-state index is 11.9. The quantitative estimate of drug-likeness (QED) is 0.432. The van der Waals surface area contributed by atoms with Gasteiger partial charge in [-0.2, -0.15) is 0 Å². The van der Waals surface area contributed by atoms with Crippen molar-refractivity contribution in [3.05, 3.63) is 12.4 Å². The number of hydrogen-bond donors (Lipinski definition) is 2. The summed E-state index contributed by atoms with van der Waals surface area (Å²) >= 11 is 0. The molecule has 1 amide bonds. The zero-order valence-corrected chi connectivity index (χ0v) is 16.0. The van der Waals surface area contributed by atoms with Crippen molar-refractivity contribution in [2.75, 3.05) is 13.1 Å². The third-order valence-corrected chi connectivity index (χ3v) is 4.72. The molecule has 1 aliphatic heterocycles. The number of nitrogens with one attached hydrogen (secondary N) is 2. The summed E-state index contributed by atoms with van der Waals surface area (Å²) in [4.78, 5) is 14.1. The highest BCUT2D eigenvalue weighted by molar-refractivity contribution is 5.75. The van der Waals surface area contributed by atoms with Crippen LogP contribution in [0, 0.1) is 0 Å². The lowest BCUT2D eigenvalue weighted by atomic mass is 10.1. The first kappa shape index (κ1) is 20.9. The van der Waals surface area contributed by atoms with Gasteiger partial charge in [-0.1, -0.05) is 71.6 Å². The van der Waals surface area contributed by atoms with Crippen LogP contribution in [0.1, 0.15) is 90.9 Å². The Hall–Kier alpha value is -1.19. The third-order valence-electron chi connectivity index (χ3n) is 4.72. The third kappa shape index (κ3) is 9.84. The lowest BCUT2D eigenvalue weighted by Gasteiger charge is -2.25. The Kier molecular flexibility index (Phi) is 12.3. The van der Waals surface area contributed by atoms with Crippen LogP contribution < -0.4 is 10.6 Å². The van der Waals surface area contributed by atoms with E-state index in [-0.39, 0.29) is 5.91 Å². The fourth-order valence-electron chi connectivity index (χ4n) is 3.21. The van der Waals surface area contributed by atoms with Crippen molar-refractivity contribution in [1.82, 2.24) is 15.5 Å². The van der Waals surface area contributed by atoms with Gasteiger partial charge < -0.3 is 15.5 Å². The molecule has 0 spiro atoms. The smallest absolute Gasteiger partial charge is 0.220 e. The van der Waals surface area contributed by atoms with Crippen LogP contribution >= 0.6 is 0 Å². The van der Waals surface area contributed by atoms with E-state index >= 15 is 0 Å². The van der Waals surface area contributed by atoms with Crippen LogP contribution in [0.25, 0.3) is 0 Å². The van der Waals surface area contributed by atoms with E-state index in [1.54, 1.807) is 0 Å². The summed E-state index contributed by atoms with van der Waals surface area (Å²) in [6.45, 7) is 6.08. The van der Waals surface area contributed by atoms with E-state index in [4.69, 9.17) is 0 Å². The van der Waals surface area contributed by atoms with Crippen LogP contribution in [0.3, 0.4) is 0 Å². The van der Waals surface area contributed by atoms with E-state index in [2.05, 4.69) is 35.6 Å². The molecule has 1 aliphatic rings. The summed E-state index contributed by atoms with van der Waals surface area (Å²) in [6.07, 6.45) is 19.2. The minimum atomic E-state index is 0.209. The monoisotopic (exact) mass is 337 g/mol. The number of nitrogens with zero attached hydrogens (tertiary/aromatic N) is 1. The minimum Gasteiger partial charge on any atom is -0.370 e. The molecule has 4 nitrogen and oxygen atoms in total. The van der Waals surface area contributed by atoms with Crippen LogP contribution in [-0.2, 0) is 4.79 Å². The fourth-order valence-corrected chi connectivity index (χ4v) is 3.21. The van der Waals surface area contributed by atoms with E-state index < -0.39 is 0 Å². The maximum Gasteiger partial charge on any atom is 0.220 e. The molecule has 1 heterocycles. The molecule has 0 bridgehead atoms. The Balaban J connectivity index is 1.90. The Bertz CT molecular complexity index is 344. The SMILES string of the molecule is CCCCCCCCCCCC(=O)NCCN1C=CNC1CCC. The van der Waals surface area contributed by atoms with Crippen LogP contribution in [0.15, 0.2) is 12.4 Å². The fraction of sp³-hybridized carbons (Fsp3) is 0.850. The molecule has 24 heavy (non-hydrogen) atoms. The number of carbonyl (C=O) groups excluding carboxylic acids is 1. The van der Waals surface area contributed by atoms with Crippen molar-refractivity contribution < 1.29 is 4.79 Å². The average molecular weight is 338 g/mol. The molecule has 1 rings (SSSR count). The Morgan fingerprint density at radius 2 is 1.67 bits per heavy atom. The summed E-state index contributed by atoms with van der Waals surface area (Å²) < 4.78 is 0. The van der Waals surface area contributed by atoms with E-state index in [0.717, 1.165) is 25.9 Å². The molecule has 0 aromatic carbocycles. The van der Waals surface area contributed by atoms with Crippen LogP contribution in [0.5, 0.6) is 0 Å². The van der Waals surface area contributed by atoms with Crippen molar-refractivity contribution in [1.29, 1.82) is 0 Å². The molecule has 0 aliphatic carbocycles. The molecule has 0 saturated carbocycles. The van der Waals surface area contributed by atoms with Crippen molar-refractivity contribution >= 4 is 5.91 Å². The van der Waals surface area contributed by atoms with E-state index in [1.165, 1.54) is 57.8 Å². The van der Waals surface area contributed by atoms with Crippen molar-refractivity contribution in [3.8, 4) is 0 Å². The second-order valence-electron chi connectivity index (χ2n) is 6.95. The molecule has 140 valence electrons. The molecular formula is C20H39N3O. The number of unbranched alkanes of at least 4 members (excludes halogenated alkanes) is 8. The molecule has 0 aromatic heterocycles. The van der Waals surface area contributed by atoms with Gasteiger partial charge in [-0.05, 0) is 12.8 Å². The normalized spacial score (nSPS) is 16.4. The van der Waals surface area contributed by atoms with E-state index in [1.807, 2.05) is 6.20 Å². The zero-order valence-electron chi connectivity index (χ0n) is 16.0. The van der Waals surface area contributed by atoms with Gasteiger partial charge in [0.15, 0.2) is 0 Å². The largest absolute Gasteiger partial charge is 0.370 e. The van der Waals surface area contributed by atoms with Gasteiger partial charge in [-0.3, -0.25) is 4.79 Å². The van der Waals surface area contributed by atoms with Gasteiger partial charge in [-0.25, -0.2) is 0 Å². The highest BCUT2D eigenvalue weighted by atomic mass is 16.1. The van der Waals surface area contributed by atoms with Gasteiger partial charge in [0.05, 0.1) is 6.17 Å². The second-order valence-corrected chi connectivity index (χ2v) is 6.95. The first-order valence-electron chi connectivity index (χ1n) is 10.2. The van der Waals surface area contributed by atoms with Crippen molar-refractivity contribution in [2.45, 2.75) is 97.1 Å². The molecule has 4 heteroatoms. The number of carbonyl (C=O) groups is 1. The van der Waals surface area contributed by atoms with Crippen LogP contribution in [0.2, 0.25) is 0 Å². The average Bonchev–Trinajstić information content (AvgIpc) is 3.01. The molecule has 2 N–H and O–H groups in total. The lowest BCUT2D eigenvalue weighted by molar-refractivity contribution is -0.121. The first-order valence-corrected chi connectivity index (χ1v) is 10.2. The first-order chi connectivity index (χ1) is 11.8. The highest BCUT2D eigenvalue weighted by Crippen LogP contribution is 2.11. The standard InChI is InChI=1S/C20H39N3O/c1-3-5-6-7-8-9-10-11-12-14-20(24)22-16-18-23-17-15-21-19(23)13-4-2/h15,17,19,21H,3-14,16,18H2,1-2H3,(H,22,24). The van der Waals surface area contributed by atoms with Crippen molar-refractivity contribution in [2.24, 2.45) is 0 Å². The molecular weight excluding hydrogens is 298 g/mol. The van der Waals surface area contributed by atoms with Gasteiger partial charge in [0, 0.05) is 31.9 Å². The number of rotatable bonds is 15. The molecule has 1 atom stereocenters. The predicted molar refractivity (Wildman–Crippen MR) is 103 cm³/mol. The van der Waals surface area contributed by atoms with Gasteiger partial charge in [0.25, 0.3) is 0 Å². The molecule has 1 unspecified atom stereocenters. The van der Waals surface area contributed by atoms with Crippen LogP contribution in [0.4, 0.5) is 0 Å². The molecule has 0 aromatic rings.